The zero-order valence-electron chi connectivity index (χ0n) is 21.8. The van der Waals surface area contributed by atoms with Gasteiger partial charge in [-0.2, -0.15) is 0 Å². The molecule has 3 aliphatic rings. The fourth-order valence-corrected chi connectivity index (χ4v) is 5.96. The maximum absolute atomic E-state index is 13.4. The zero-order valence-corrected chi connectivity index (χ0v) is 21.8. The Bertz CT molecular complexity index is 1140. The molecule has 0 aliphatic carbocycles. The Labute approximate surface area is 213 Å². The van der Waals surface area contributed by atoms with Crippen LogP contribution in [0.15, 0.2) is 41.6 Å². The second kappa shape index (κ2) is 9.51. The molecule has 3 aliphatic heterocycles. The molecule has 5 rings (SSSR count). The molecule has 0 bridgehead atoms. The van der Waals surface area contributed by atoms with Crippen molar-refractivity contribution < 1.29 is 18.8 Å². The second-order valence-electron chi connectivity index (χ2n) is 11.0. The Morgan fingerprint density at radius 3 is 2.36 bits per heavy atom. The fraction of sp³-hybridized carbons (Fsp3) is 0.517. The van der Waals surface area contributed by atoms with Crippen molar-refractivity contribution in [3.8, 4) is 11.1 Å². The highest BCUT2D eigenvalue weighted by molar-refractivity contribution is 5.85. The first-order valence-electron chi connectivity index (χ1n) is 13.0. The van der Waals surface area contributed by atoms with Crippen molar-refractivity contribution >= 4 is 11.8 Å². The number of halogens is 1. The van der Waals surface area contributed by atoms with Gasteiger partial charge >= 0.3 is 5.97 Å². The van der Waals surface area contributed by atoms with Crippen molar-refractivity contribution in [2.75, 3.05) is 32.8 Å². The standard InChI is InChI=1S/C29H36FN3O3/c1-5-35-27(34)28(4)10-12-33(13-11-28)25-16-29(36-31-25)18-32(19-29)17-22-14-20(2)26(21(3)15-22)23-6-8-24(30)9-7-23/h6-9,14-15H,5,10-13,16-19H2,1-4H3. The van der Waals surface area contributed by atoms with E-state index in [0.717, 1.165) is 63.4 Å². The Morgan fingerprint density at radius 1 is 1.11 bits per heavy atom. The monoisotopic (exact) mass is 493 g/mol. The van der Waals surface area contributed by atoms with Gasteiger partial charge in [-0.05, 0) is 80.5 Å². The molecule has 0 radical (unpaired) electrons. The summed E-state index contributed by atoms with van der Waals surface area (Å²) in [6.45, 7) is 12.7. The molecule has 1 spiro atoms. The predicted molar refractivity (Wildman–Crippen MR) is 138 cm³/mol. The second-order valence-corrected chi connectivity index (χ2v) is 11.0. The van der Waals surface area contributed by atoms with Crippen LogP contribution in [0.5, 0.6) is 0 Å². The Morgan fingerprint density at radius 2 is 1.75 bits per heavy atom. The topological polar surface area (TPSA) is 54.4 Å². The van der Waals surface area contributed by atoms with Crippen LogP contribution in [0.1, 0.15) is 49.8 Å². The van der Waals surface area contributed by atoms with E-state index in [2.05, 4.69) is 40.9 Å². The van der Waals surface area contributed by atoms with E-state index >= 15 is 0 Å². The minimum Gasteiger partial charge on any atom is -0.466 e. The molecule has 192 valence electrons. The lowest BCUT2D eigenvalue weighted by Crippen LogP contribution is -2.61. The summed E-state index contributed by atoms with van der Waals surface area (Å²) in [6, 6.07) is 11.2. The number of carbonyl (C=O) groups excluding carboxylic acids is 1. The minimum atomic E-state index is -0.403. The third-order valence-corrected chi connectivity index (χ3v) is 7.98. The van der Waals surface area contributed by atoms with Gasteiger partial charge in [0.25, 0.3) is 0 Å². The number of aryl methyl sites for hydroxylation is 2. The fourth-order valence-electron chi connectivity index (χ4n) is 5.96. The molecular formula is C29H36FN3O3. The normalized spacial score (nSPS) is 20.6. The average Bonchev–Trinajstić information content (AvgIpc) is 3.26. The number of amidine groups is 1. The highest BCUT2D eigenvalue weighted by atomic mass is 19.1. The number of hydrogen-bond acceptors (Lipinski definition) is 6. The van der Waals surface area contributed by atoms with E-state index in [9.17, 15) is 9.18 Å². The van der Waals surface area contributed by atoms with Gasteiger partial charge in [0, 0.05) is 32.7 Å². The number of likely N-dealkylation sites (tertiary alicyclic amines) is 2. The van der Waals surface area contributed by atoms with Crippen LogP contribution in [0.4, 0.5) is 4.39 Å². The van der Waals surface area contributed by atoms with Crippen molar-refractivity contribution in [1.29, 1.82) is 0 Å². The van der Waals surface area contributed by atoms with E-state index in [1.807, 2.05) is 26.0 Å². The van der Waals surface area contributed by atoms with Gasteiger partial charge in [-0.15, -0.1) is 0 Å². The largest absolute Gasteiger partial charge is 0.466 e. The van der Waals surface area contributed by atoms with Crippen LogP contribution >= 0.6 is 0 Å². The molecule has 0 unspecified atom stereocenters. The number of carbonyl (C=O) groups is 1. The van der Waals surface area contributed by atoms with Gasteiger partial charge in [0.15, 0.2) is 5.60 Å². The molecule has 2 aromatic carbocycles. The summed E-state index contributed by atoms with van der Waals surface area (Å²) in [6.07, 6.45) is 2.37. The number of ether oxygens (including phenoxy) is 1. The number of rotatable bonds is 5. The van der Waals surface area contributed by atoms with Crippen LogP contribution < -0.4 is 0 Å². The molecule has 2 aromatic rings. The van der Waals surface area contributed by atoms with Crippen LogP contribution in [-0.2, 0) is 20.9 Å². The quantitative estimate of drug-likeness (QED) is 0.545. The van der Waals surface area contributed by atoms with Gasteiger partial charge in [-0.1, -0.05) is 29.4 Å². The summed E-state index contributed by atoms with van der Waals surface area (Å²) in [7, 11) is 0. The molecular weight excluding hydrogens is 457 g/mol. The van der Waals surface area contributed by atoms with Gasteiger partial charge < -0.3 is 14.5 Å². The van der Waals surface area contributed by atoms with Crippen LogP contribution in [0.25, 0.3) is 11.1 Å². The number of nitrogens with zero attached hydrogens (tertiary/aromatic N) is 3. The smallest absolute Gasteiger partial charge is 0.311 e. The number of piperidine rings is 1. The third kappa shape index (κ3) is 4.73. The molecule has 36 heavy (non-hydrogen) atoms. The van der Waals surface area contributed by atoms with Gasteiger partial charge in [0.05, 0.1) is 18.4 Å². The summed E-state index contributed by atoms with van der Waals surface area (Å²) >= 11 is 0. The SMILES string of the molecule is CCOC(=O)C1(C)CCN(C2=NOC3(C2)CN(Cc2cc(C)c(-c4ccc(F)cc4)c(C)c2)C3)CC1. The molecule has 0 N–H and O–H groups in total. The van der Waals surface area contributed by atoms with E-state index in [1.165, 1.54) is 34.4 Å². The van der Waals surface area contributed by atoms with E-state index in [0.29, 0.717) is 6.61 Å². The minimum absolute atomic E-state index is 0.0865. The number of esters is 1. The average molecular weight is 494 g/mol. The molecule has 0 atom stereocenters. The molecule has 6 nitrogen and oxygen atoms in total. The third-order valence-electron chi connectivity index (χ3n) is 7.98. The molecule has 3 heterocycles. The molecule has 7 heteroatoms. The van der Waals surface area contributed by atoms with Crippen molar-refractivity contribution in [2.45, 2.75) is 59.1 Å². The van der Waals surface area contributed by atoms with Crippen molar-refractivity contribution in [3.63, 3.8) is 0 Å². The lowest BCUT2D eigenvalue weighted by molar-refractivity contribution is -0.156. The highest BCUT2D eigenvalue weighted by Gasteiger charge is 2.51. The Balaban J connectivity index is 1.14. The van der Waals surface area contributed by atoms with Crippen LogP contribution in [0.2, 0.25) is 0 Å². The summed E-state index contributed by atoms with van der Waals surface area (Å²) in [5.74, 6) is 0.710. The molecule has 0 aromatic heterocycles. The Hall–Kier alpha value is -2.93. The lowest BCUT2D eigenvalue weighted by atomic mass is 9.80. The predicted octanol–water partition coefficient (Wildman–Crippen LogP) is 5.06. The first-order valence-corrected chi connectivity index (χ1v) is 13.0. The lowest BCUT2D eigenvalue weighted by Gasteiger charge is -2.46. The van der Waals surface area contributed by atoms with Crippen molar-refractivity contribution in [1.82, 2.24) is 9.80 Å². The zero-order chi connectivity index (χ0) is 25.5. The molecule has 0 saturated carbocycles. The van der Waals surface area contributed by atoms with E-state index in [1.54, 1.807) is 0 Å². The van der Waals surface area contributed by atoms with Crippen LogP contribution in [-0.4, -0.2) is 60.0 Å². The van der Waals surface area contributed by atoms with Gasteiger partial charge in [0.2, 0.25) is 0 Å². The molecule has 2 saturated heterocycles. The summed E-state index contributed by atoms with van der Waals surface area (Å²) in [5.41, 5.74) is 5.28. The maximum Gasteiger partial charge on any atom is 0.311 e. The number of hydrogen-bond donors (Lipinski definition) is 0. The number of benzene rings is 2. The highest BCUT2D eigenvalue weighted by Crippen LogP contribution is 2.39. The van der Waals surface area contributed by atoms with E-state index in [4.69, 9.17) is 9.57 Å². The molecule has 2 fully saturated rings. The van der Waals surface area contributed by atoms with Gasteiger partial charge in [-0.3, -0.25) is 9.69 Å². The first kappa shape index (κ1) is 24.8. The first-order chi connectivity index (χ1) is 17.2. The number of oxime groups is 1. The Kier molecular flexibility index (Phi) is 6.54. The molecule has 0 amide bonds. The van der Waals surface area contributed by atoms with Crippen molar-refractivity contribution in [2.24, 2.45) is 10.6 Å². The summed E-state index contributed by atoms with van der Waals surface area (Å²) < 4.78 is 18.6. The van der Waals surface area contributed by atoms with E-state index in [-0.39, 0.29) is 17.4 Å². The van der Waals surface area contributed by atoms with Crippen LogP contribution in [0, 0.1) is 25.1 Å². The van der Waals surface area contributed by atoms with Crippen molar-refractivity contribution in [3.05, 3.63) is 58.9 Å². The summed E-state index contributed by atoms with van der Waals surface area (Å²) in [5, 5.41) is 4.46. The summed E-state index contributed by atoms with van der Waals surface area (Å²) in [4.78, 5) is 23.0. The van der Waals surface area contributed by atoms with Gasteiger partial charge in [0.1, 0.15) is 11.7 Å². The van der Waals surface area contributed by atoms with Crippen LogP contribution in [0.3, 0.4) is 0 Å². The maximum atomic E-state index is 13.4. The van der Waals surface area contributed by atoms with Gasteiger partial charge in [-0.25, -0.2) is 4.39 Å². The van der Waals surface area contributed by atoms with E-state index < -0.39 is 5.41 Å².